The van der Waals surface area contributed by atoms with E-state index in [9.17, 15) is 4.79 Å². The third-order valence-corrected chi connectivity index (χ3v) is 4.10. The minimum Gasteiger partial charge on any atom is -0.340 e. The summed E-state index contributed by atoms with van der Waals surface area (Å²) in [5.41, 5.74) is 7.59. The van der Waals surface area contributed by atoms with Crippen molar-refractivity contribution < 1.29 is 4.79 Å². The van der Waals surface area contributed by atoms with E-state index in [0.717, 1.165) is 11.1 Å². The van der Waals surface area contributed by atoms with Crippen molar-refractivity contribution in [1.82, 2.24) is 4.90 Å². The molecule has 3 nitrogen and oxygen atoms in total. The number of benzene rings is 2. The molecule has 0 aliphatic heterocycles. The highest BCUT2D eigenvalue weighted by Gasteiger charge is 2.20. The van der Waals surface area contributed by atoms with Crippen molar-refractivity contribution in [2.45, 2.75) is 12.6 Å². The van der Waals surface area contributed by atoms with E-state index in [1.165, 1.54) is 0 Å². The summed E-state index contributed by atoms with van der Waals surface area (Å²) in [6.45, 7) is 0.360. The van der Waals surface area contributed by atoms with Gasteiger partial charge in [-0.05, 0) is 17.2 Å². The average molecular weight is 323 g/mol. The Hall–Kier alpha value is -1.55. The zero-order valence-corrected chi connectivity index (χ0v) is 13.1. The molecule has 5 heteroatoms. The lowest BCUT2D eigenvalue weighted by atomic mass is 10.1. The summed E-state index contributed by atoms with van der Waals surface area (Å²) in [6.07, 6.45) is 0. The molecule has 2 rings (SSSR count). The molecular weight excluding hydrogens is 307 g/mol. The number of likely N-dealkylation sites (N-methyl/N-ethyl adjacent to an activating group) is 1. The molecule has 0 radical (unpaired) electrons. The number of nitrogens with zero attached hydrogens (tertiary/aromatic N) is 1. The molecule has 1 amide bonds. The van der Waals surface area contributed by atoms with Crippen LogP contribution in [0.4, 0.5) is 0 Å². The van der Waals surface area contributed by atoms with Gasteiger partial charge in [0.05, 0.1) is 10.0 Å². The van der Waals surface area contributed by atoms with E-state index in [-0.39, 0.29) is 5.91 Å². The molecule has 0 saturated carbocycles. The second-order valence-corrected chi connectivity index (χ2v) is 5.58. The largest absolute Gasteiger partial charge is 0.340 e. The quantitative estimate of drug-likeness (QED) is 0.933. The van der Waals surface area contributed by atoms with E-state index >= 15 is 0 Å². The van der Waals surface area contributed by atoms with Crippen LogP contribution in [0.3, 0.4) is 0 Å². The highest BCUT2D eigenvalue weighted by molar-refractivity contribution is 6.42. The van der Waals surface area contributed by atoms with Gasteiger partial charge >= 0.3 is 0 Å². The molecule has 0 saturated heterocycles. The van der Waals surface area contributed by atoms with Crippen LogP contribution in [0.5, 0.6) is 0 Å². The highest BCUT2D eigenvalue weighted by Crippen LogP contribution is 2.26. The van der Waals surface area contributed by atoms with Gasteiger partial charge in [0.1, 0.15) is 6.04 Å². The van der Waals surface area contributed by atoms with Gasteiger partial charge in [0.15, 0.2) is 0 Å². The van der Waals surface area contributed by atoms with Gasteiger partial charge in [0, 0.05) is 13.6 Å². The minimum absolute atomic E-state index is 0.169. The predicted octanol–water partition coefficient (Wildman–Crippen LogP) is 3.65. The van der Waals surface area contributed by atoms with E-state index in [1.807, 2.05) is 36.4 Å². The first-order valence-electron chi connectivity index (χ1n) is 6.49. The lowest BCUT2D eigenvalue weighted by Gasteiger charge is -2.22. The molecule has 2 N–H and O–H groups in total. The number of amides is 1. The summed E-state index contributed by atoms with van der Waals surface area (Å²) < 4.78 is 0. The minimum atomic E-state index is -0.686. The Morgan fingerprint density at radius 1 is 1.14 bits per heavy atom. The van der Waals surface area contributed by atoms with Crippen LogP contribution in [0.25, 0.3) is 0 Å². The maximum absolute atomic E-state index is 12.4. The Labute approximate surface area is 134 Å². The van der Waals surface area contributed by atoms with E-state index < -0.39 is 6.04 Å². The van der Waals surface area contributed by atoms with Crippen LogP contribution in [0.1, 0.15) is 17.2 Å². The Morgan fingerprint density at radius 2 is 1.81 bits per heavy atom. The smallest absolute Gasteiger partial charge is 0.244 e. The van der Waals surface area contributed by atoms with E-state index in [4.69, 9.17) is 28.9 Å². The first-order chi connectivity index (χ1) is 10.0. The number of rotatable bonds is 4. The van der Waals surface area contributed by atoms with Crippen molar-refractivity contribution >= 4 is 29.1 Å². The zero-order chi connectivity index (χ0) is 15.4. The molecule has 2 aromatic carbocycles. The second kappa shape index (κ2) is 6.94. The van der Waals surface area contributed by atoms with Crippen molar-refractivity contribution in [3.8, 4) is 0 Å². The molecule has 0 fully saturated rings. The van der Waals surface area contributed by atoms with E-state index in [0.29, 0.717) is 16.6 Å². The van der Waals surface area contributed by atoms with E-state index in [2.05, 4.69) is 0 Å². The molecule has 0 heterocycles. The summed E-state index contributed by atoms with van der Waals surface area (Å²) in [5, 5.41) is 0.939. The SMILES string of the molecule is CN(Cc1cccc(Cl)c1Cl)C(=O)[C@H](N)c1ccccc1. The first kappa shape index (κ1) is 15.8. The van der Waals surface area contributed by atoms with Gasteiger partial charge in [-0.3, -0.25) is 4.79 Å². The molecule has 0 aromatic heterocycles. The van der Waals surface area contributed by atoms with Gasteiger partial charge in [0.2, 0.25) is 5.91 Å². The lowest BCUT2D eigenvalue weighted by Crippen LogP contribution is -2.35. The number of carbonyl (C=O) groups excluding carboxylic acids is 1. The second-order valence-electron chi connectivity index (χ2n) is 4.80. The van der Waals surface area contributed by atoms with Gasteiger partial charge in [0.25, 0.3) is 0 Å². The number of carbonyl (C=O) groups is 1. The Balaban J connectivity index is 2.11. The fourth-order valence-electron chi connectivity index (χ4n) is 2.04. The summed E-state index contributed by atoms with van der Waals surface area (Å²) in [7, 11) is 1.70. The average Bonchev–Trinajstić information content (AvgIpc) is 2.51. The Kier molecular flexibility index (Phi) is 5.23. The maximum Gasteiger partial charge on any atom is 0.244 e. The summed E-state index contributed by atoms with van der Waals surface area (Å²) in [4.78, 5) is 13.9. The maximum atomic E-state index is 12.4. The predicted molar refractivity (Wildman–Crippen MR) is 86.3 cm³/mol. The van der Waals surface area contributed by atoms with Crippen LogP contribution in [0.15, 0.2) is 48.5 Å². The number of nitrogens with two attached hydrogens (primary N) is 1. The van der Waals surface area contributed by atoms with Crippen molar-refractivity contribution in [3.63, 3.8) is 0 Å². The molecular formula is C16H16Cl2N2O. The molecule has 0 bridgehead atoms. The fourth-order valence-corrected chi connectivity index (χ4v) is 2.42. The zero-order valence-electron chi connectivity index (χ0n) is 11.6. The highest BCUT2D eigenvalue weighted by atomic mass is 35.5. The van der Waals surface area contributed by atoms with Gasteiger partial charge in [-0.1, -0.05) is 65.7 Å². The van der Waals surface area contributed by atoms with E-state index in [1.54, 1.807) is 24.1 Å². The molecule has 1 atom stereocenters. The van der Waals surface area contributed by atoms with Crippen molar-refractivity contribution in [2.75, 3.05) is 7.05 Å². The van der Waals surface area contributed by atoms with Crippen LogP contribution >= 0.6 is 23.2 Å². The summed E-state index contributed by atoms with van der Waals surface area (Å²) in [6, 6.07) is 13.9. The van der Waals surface area contributed by atoms with Gasteiger partial charge in [-0.2, -0.15) is 0 Å². The van der Waals surface area contributed by atoms with Gasteiger partial charge < -0.3 is 10.6 Å². The van der Waals surface area contributed by atoms with Gasteiger partial charge in [-0.15, -0.1) is 0 Å². The Bertz CT molecular complexity index is 631. The molecule has 0 spiro atoms. The third kappa shape index (κ3) is 3.76. The molecule has 2 aromatic rings. The fraction of sp³-hybridized carbons (Fsp3) is 0.188. The summed E-state index contributed by atoms with van der Waals surface area (Å²) in [5.74, 6) is -0.169. The topological polar surface area (TPSA) is 46.3 Å². The molecule has 21 heavy (non-hydrogen) atoms. The number of hydrogen-bond donors (Lipinski definition) is 1. The van der Waals surface area contributed by atoms with Crippen LogP contribution in [0, 0.1) is 0 Å². The molecule has 0 aliphatic carbocycles. The van der Waals surface area contributed by atoms with Crippen molar-refractivity contribution in [3.05, 3.63) is 69.7 Å². The first-order valence-corrected chi connectivity index (χ1v) is 7.24. The lowest BCUT2D eigenvalue weighted by molar-refractivity contribution is -0.131. The summed E-state index contributed by atoms with van der Waals surface area (Å²) >= 11 is 12.1. The normalized spacial score (nSPS) is 12.0. The van der Waals surface area contributed by atoms with Gasteiger partial charge in [-0.25, -0.2) is 0 Å². The Morgan fingerprint density at radius 3 is 2.48 bits per heavy atom. The van der Waals surface area contributed by atoms with Crippen molar-refractivity contribution in [2.24, 2.45) is 5.73 Å². The number of halogens is 2. The molecule has 0 aliphatic rings. The standard InChI is InChI=1S/C16H16Cl2N2O/c1-20(10-12-8-5-9-13(17)14(12)18)16(21)15(19)11-6-3-2-4-7-11/h2-9,15H,10,19H2,1H3/t15-/m1/s1. The monoisotopic (exact) mass is 322 g/mol. The van der Waals surface area contributed by atoms with Crippen LogP contribution < -0.4 is 5.73 Å². The van der Waals surface area contributed by atoms with Crippen LogP contribution in [-0.2, 0) is 11.3 Å². The van der Waals surface area contributed by atoms with Crippen LogP contribution in [0.2, 0.25) is 10.0 Å². The third-order valence-electron chi connectivity index (χ3n) is 3.24. The number of hydrogen-bond acceptors (Lipinski definition) is 2. The van der Waals surface area contributed by atoms with Crippen molar-refractivity contribution in [1.29, 1.82) is 0 Å². The van der Waals surface area contributed by atoms with Crippen LogP contribution in [-0.4, -0.2) is 17.9 Å². The molecule has 110 valence electrons. The molecule has 0 unspecified atom stereocenters.